The molecular formula is C20H23N7. The molecule has 5 heterocycles. The van der Waals surface area contributed by atoms with Crippen LogP contribution in [0.3, 0.4) is 0 Å². The first-order valence-corrected chi connectivity index (χ1v) is 9.67. The monoisotopic (exact) mass is 361 g/mol. The van der Waals surface area contributed by atoms with Crippen molar-refractivity contribution >= 4 is 11.5 Å². The highest BCUT2D eigenvalue weighted by molar-refractivity contribution is 5.97. The van der Waals surface area contributed by atoms with E-state index in [1.54, 1.807) is 6.20 Å². The van der Waals surface area contributed by atoms with E-state index in [1.807, 2.05) is 18.5 Å². The van der Waals surface area contributed by atoms with Crippen LogP contribution in [0, 0.1) is 6.92 Å². The average molecular weight is 361 g/mol. The van der Waals surface area contributed by atoms with Crippen LogP contribution in [-0.2, 0) is 19.5 Å². The predicted octanol–water partition coefficient (Wildman–Crippen LogP) is 2.36. The third-order valence-corrected chi connectivity index (χ3v) is 5.47. The molecule has 3 aromatic heterocycles. The number of aliphatic imine (C=N–C) groups is 1. The molecule has 0 radical (unpaired) electrons. The fourth-order valence-corrected chi connectivity index (χ4v) is 3.98. The molecule has 0 amide bonds. The topological polar surface area (TPSA) is 71.6 Å². The van der Waals surface area contributed by atoms with Crippen molar-refractivity contribution in [1.29, 1.82) is 0 Å². The van der Waals surface area contributed by atoms with Crippen molar-refractivity contribution in [3.8, 4) is 0 Å². The molecule has 0 fully saturated rings. The molecule has 0 saturated heterocycles. The first-order valence-electron chi connectivity index (χ1n) is 9.67. The van der Waals surface area contributed by atoms with Gasteiger partial charge in [0.05, 0.1) is 22.8 Å². The molecule has 0 aliphatic carbocycles. The summed E-state index contributed by atoms with van der Waals surface area (Å²) in [6.07, 6.45) is 10.2. The Balaban J connectivity index is 1.36. The van der Waals surface area contributed by atoms with Gasteiger partial charge in [-0.1, -0.05) is 0 Å². The van der Waals surface area contributed by atoms with Crippen LogP contribution in [0.5, 0.6) is 0 Å². The minimum absolute atomic E-state index is 0.767. The summed E-state index contributed by atoms with van der Waals surface area (Å²) in [6.45, 7) is 5.68. The zero-order valence-corrected chi connectivity index (χ0v) is 15.6. The lowest BCUT2D eigenvalue weighted by molar-refractivity contribution is 0.239. The van der Waals surface area contributed by atoms with Crippen LogP contribution in [0.25, 0.3) is 5.78 Å². The number of hydrogen-bond acceptors (Lipinski definition) is 6. The number of nitrogens with zero attached hydrogens (tertiary/aromatic N) is 7. The van der Waals surface area contributed by atoms with E-state index in [4.69, 9.17) is 4.98 Å². The van der Waals surface area contributed by atoms with E-state index >= 15 is 0 Å². The quantitative estimate of drug-likeness (QED) is 0.716. The SMILES string of the molecule is Cc1nc2ncccn2c1CN1CCc2nc(C3=NCCCC3)ncc2C1. The average Bonchev–Trinajstić information content (AvgIpc) is 3.03. The van der Waals surface area contributed by atoms with Crippen LogP contribution in [0.1, 0.15) is 47.7 Å². The van der Waals surface area contributed by atoms with E-state index in [2.05, 4.69) is 36.2 Å². The number of rotatable bonds is 3. The van der Waals surface area contributed by atoms with Crippen molar-refractivity contribution in [2.24, 2.45) is 4.99 Å². The van der Waals surface area contributed by atoms with E-state index < -0.39 is 0 Å². The standard InChI is InChI=1S/C20H23N7/c1-14-18(27-9-4-8-22-20(27)24-14)13-26-10-6-16-15(12-26)11-23-19(25-16)17-5-2-3-7-21-17/h4,8-9,11H,2-3,5-7,10,12-13H2,1H3. The number of aryl methyl sites for hydroxylation is 1. The molecule has 0 bridgehead atoms. The molecule has 0 N–H and O–H groups in total. The van der Waals surface area contributed by atoms with Gasteiger partial charge in [-0.3, -0.25) is 14.3 Å². The van der Waals surface area contributed by atoms with Crippen LogP contribution in [0.2, 0.25) is 0 Å². The lowest BCUT2D eigenvalue weighted by atomic mass is 10.1. The van der Waals surface area contributed by atoms with Gasteiger partial charge in [0, 0.05) is 56.8 Å². The Morgan fingerprint density at radius 2 is 2.07 bits per heavy atom. The first-order chi connectivity index (χ1) is 13.3. The van der Waals surface area contributed by atoms with Crippen molar-refractivity contribution < 1.29 is 0 Å². The molecule has 0 aromatic carbocycles. The van der Waals surface area contributed by atoms with Crippen LogP contribution >= 0.6 is 0 Å². The molecule has 0 saturated carbocycles. The van der Waals surface area contributed by atoms with Crippen molar-refractivity contribution in [2.75, 3.05) is 13.1 Å². The second-order valence-electron chi connectivity index (χ2n) is 7.35. The second-order valence-corrected chi connectivity index (χ2v) is 7.35. The van der Waals surface area contributed by atoms with Gasteiger partial charge in [-0.25, -0.2) is 19.9 Å². The smallest absolute Gasteiger partial charge is 0.234 e. The third kappa shape index (κ3) is 3.12. The molecule has 2 aliphatic heterocycles. The van der Waals surface area contributed by atoms with Gasteiger partial charge in [-0.05, 0) is 32.3 Å². The first kappa shape index (κ1) is 16.5. The number of imidazole rings is 1. The summed E-state index contributed by atoms with van der Waals surface area (Å²) in [5.74, 6) is 1.61. The van der Waals surface area contributed by atoms with Gasteiger partial charge < -0.3 is 0 Å². The van der Waals surface area contributed by atoms with Gasteiger partial charge in [0.2, 0.25) is 5.78 Å². The minimum atomic E-state index is 0.767. The molecular weight excluding hydrogens is 338 g/mol. The molecule has 0 atom stereocenters. The highest BCUT2D eigenvalue weighted by atomic mass is 15.2. The summed E-state index contributed by atoms with van der Waals surface area (Å²) in [6, 6.07) is 1.95. The van der Waals surface area contributed by atoms with Crippen LogP contribution < -0.4 is 0 Å². The van der Waals surface area contributed by atoms with Crippen LogP contribution in [-0.4, -0.2) is 48.0 Å². The van der Waals surface area contributed by atoms with Crippen molar-refractivity contribution in [3.63, 3.8) is 0 Å². The van der Waals surface area contributed by atoms with Gasteiger partial charge >= 0.3 is 0 Å². The molecule has 138 valence electrons. The van der Waals surface area contributed by atoms with E-state index in [1.165, 1.54) is 29.8 Å². The largest absolute Gasteiger partial charge is 0.293 e. The van der Waals surface area contributed by atoms with E-state index in [-0.39, 0.29) is 0 Å². The summed E-state index contributed by atoms with van der Waals surface area (Å²) < 4.78 is 2.09. The Morgan fingerprint density at radius 1 is 1.11 bits per heavy atom. The van der Waals surface area contributed by atoms with E-state index in [9.17, 15) is 0 Å². The Labute approximate surface area is 158 Å². The highest BCUT2D eigenvalue weighted by Gasteiger charge is 2.22. The Hall–Kier alpha value is -2.67. The van der Waals surface area contributed by atoms with E-state index in [0.29, 0.717) is 0 Å². The zero-order valence-electron chi connectivity index (χ0n) is 15.6. The summed E-state index contributed by atoms with van der Waals surface area (Å²) in [7, 11) is 0. The molecule has 0 spiro atoms. The third-order valence-electron chi connectivity index (χ3n) is 5.47. The minimum Gasteiger partial charge on any atom is -0.293 e. The highest BCUT2D eigenvalue weighted by Crippen LogP contribution is 2.21. The zero-order chi connectivity index (χ0) is 18.2. The second kappa shape index (κ2) is 6.81. The summed E-state index contributed by atoms with van der Waals surface area (Å²) >= 11 is 0. The molecule has 3 aromatic rings. The van der Waals surface area contributed by atoms with Crippen molar-refractivity contribution in [3.05, 3.63) is 53.1 Å². The lowest BCUT2D eigenvalue weighted by Gasteiger charge is -2.28. The molecule has 0 unspecified atom stereocenters. The van der Waals surface area contributed by atoms with Gasteiger partial charge in [0.1, 0.15) is 0 Å². The summed E-state index contributed by atoms with van der Waals surface area (Å²) in [5, 5.41) is 0. The summed E-state index contributed by atoms with van der Waals surface area (Å²) in [5.41, 5.74) is 5.74. The van der Waals surface area contributed by atoms with Crippen LogP contribution in [0.15, 0.2) is 29.6 Å². The van der Waals surface area contributed by atoms with Gasteiger partial charge in [0.15, 0.2) is 5.82 Å². The van der Waals surface area contributed by atoms with Gasteiger partial charge in [0.25, 0.3) is 0 Å². The molecule has 7 heteroatoms. The molecule has 2 aliphatic rings. The Kier molecular flexibility index (Phi) is 4.16. The maximum atomic E-state index is 4.84. The van der Waals surface area contributed by atoms with Gasteiger partial charge in [-0.15, -0.1) is 0 Å². The maximum Gasteiger partial charge on any atom is 0.234 e. The fraction of sp³-hybridized carbons (Fsp3) is 0.450. The van der Waals surface area contributed by atoms with Crippen molar-refractivity contribution in [1.82, 2.24) is 29.2 Å². The Morgan fingerprint density at radius 3 is 2.96 bits per heavy atom. The number of fused-ring (bicyclic) bond motifs is 2. The van der Waals surface area contributed by atoms with E-state index in [0.717, 1.165) is 62.0 Å². The number of aromatic nitrogens is 5. The van der Waals surface area contributed by atoms with Crippen molar-refractivity contribution in [2.45, 2.75) is 45.7 Å². The molecule has 27 heavy (non-hydrogen) atoms. The summed E-state index contributed by atoms with van der Waals surface area (Å²) in [4.78, 5) is 25.4. The normalized spacial score (nSPS) is 17.7. The van der Waals surface area contributed by atoms with Crippen LogP contribution in [0.4, 0.5) is 0 Å². The van der Waals surface area contributed by atoms with Gasteiger partial charge in [-0.2, -0.15) is 0 Å². The molecule has 7 nitrogen and oxygen atoms in total. The molecule has 5 rings (SSSR count). The fourth-order valence-electron chi connectivity index (χ4n) is 3.98. The Bertz CT molecular complexity index is 1020. The maximum absolute atomic E-state index is 4.84. The predicted molar refractivity (Wildman–Crippen MR) is 103 cm³/mol. The lowest BCUT2D eigenvalue weighted by Crippen LogP contribution is -2.32. The number of hydrogen-bond donors (Lipinski definition) is 0.